The molecule has 2 aromatic rings. The minimum Gasteiger partial charge on any atom is -0.375 e. The monoisotopic (exact) mass is 316 g/mol. The summed E-state index contributed by atoms with van der Waals surface area (Å²) in [5.41, 5.74) is 7.97. The van der Waals surface area contributed by atoms with Crippen molar-refractivity contribution in [3.05, 3.63) is 46.5 Å². The molecule has 22 heavy (non-hydrogen) atoms. The van der Waals surface area contributed by atoms with Crippen molar-refractivity contribution in [3.8, 4) is 0 Å². The van der Waals surface area contributed by atoms with Gasteiger partial charge < -0.3 is 16.4 Å². The van der Waals surface area contributed by atoms with E-state index in [4.69, 9.17) is 5.73 Å². The quantitative estimate of drug-likeness (QED) is 0.775. The molecule has 0 fully saturated rings. The SMILES string of the molecule is Nc1nc(CCNC(=O)[C@@H]2Cc3ccccc3C(=O)N2)cs1. The second-order valence-electron chi connectivity index (χ2n) is 5.11. The van der Waals surface area contributed by atoms with Crippen LogP contribution in [0.5, 0.6) is 0 Å². The predicted molar refractivity (Wildman–Crippen MR) is 84.6 cm³/mol. The van der Waals surface area contributed by atoms with E-state index in [0.29, 0.717) is 30.1 Å². The van der Waals surface area contributed by atoms with Crippen LogP contribution in [0.4, 0.5) is 5.13 Å². The number of nitrogen functional groups attached to an aromatic ring is 1. The van der Waals surface area contributed by atoms with Crippen LogP contribution in [0, 0.1) is 0 Å². The highest BCUT2D eigenvalue weighted by molar-refractivity contribution is 7.13. The van der Waals surface area contributed by atoms with Gasteiger partial charge in [-0.3, -0.25) is 9.59 Å². The molecule has 0 spiro atoms. The van der Waals surface area contributed by atoms with Gasteiger partial charge in [0.15, 0.2) is 5.13 Å². The van der Waals surface area contributed by atoms with Crippen LogP contribution < -0.4 is 16.4 Å². The number of carbonyl (C=O) groups is 2. The van der Waals surface area contributed by atoms with Crippen LogP contribution in [-0.4, -0.2) is 29.4 Å². The highest BCUT2D eigenvalue weighted by Crippen LogP contribution is 2.16. The summed E-state index contributed by atoms with van der Waals surface area (Å²) in [5, 5.41) is 7.97. The molecule has 6 nitrogen and oxygen atoms in total. The highest BCUT2D eigenvalue weighted by atomic mass is 32.1. The van der Waals surface area contributed by atoms with Gasteiger partial charge in [-0.05, 0) is 11.6 Å². The van der Waals surface area contributed by atoms with E-state index in [-0.39, 0.29) is 11.8 Å². The first-order valence-electron chi connectivity index (χ1n) is 7.00. The van der Waals surface area contributed by atoms with Gasteiger partial charge in [0.05, 0.1) is 5.69 Å². The molecule has 1 atom stereocenters. The molecule has 0 saturated carbocycles. The molecule has 4 N–H and O–H groups in total. The first kappa shape index (κ1) is 14.5. The average molecular weight is 316 g/mol. The molecule has 1 aromatic heterocycles. The Morgan fingerprint density at radius 2 is 2.27 bits per heavy atom. The number of anilines is 1. The summed E-state index contributed by atoms with van der Waals surface area (Å²) in [4.78, 5) is 28.3. The van der Waals surface area contributed by atoms with Crippen molar-refractivity contribution in [2.75, 3.05) is 12.3 Å². The molecule has 7 heteroatoms. The Labute approximate surface area is 131 Å². The lowest BCUT2D eigenvalue weighted by molar-refractivity contribution is -0.123. The number of carbonyl (C=O) groups excluding carboxylic acids is 2. The standard InChI is InChI=1S/C15H16N4O2S/c16-15-18-10(8-22-15)5-6-17-14(21)12-7-9-3-1-2-4-11(9)13(20)19-12/h1-4,8,12H,5-7H2,(H2,16,18)(H,17,21)(H,19,20)/t12-/m0/s1. The molecule has 2 heterocycles. The number of benzene rings is 1. The molecular formula is C15H16N4O2S. The Hall–Kier alpha value is -2.41. The number of nitrogens with one attached hydrogen (secondary N) is 2. The lowest BCUT2D eigenvalue weighted by Crippen LogP contribution is -2.51. The van der Waals surface area contributed by atoms with E-state index in [2.05, 4.69) is 15.6 Å². The van der Waals surface area contributed by atoms with Gasteiger partial charge in [-0.25, -0.2) is 4.98 Å². The summed E-state index contributed by atoms with van der Waals surface area (Å²) in [5.74, 6) is -0.375. The van der Waals surface area contributed by atoms with Crippen LogP contribution in [0.2, 0.25) is 0 Å². The highest BCUT2D eigenvalue weighted by Gasteiger charge is 2.28. The van der Waals surface area contributed by atoms with Crippen molar-refractivity contribution in [3.63, 3.8) is 0 Å². The second kappa shape index (κ2) is 6.15. The molecule has 1 aromatic carbocycles. The van der Waals surface area contributed by atoms with Crippen LogP contribution in [-0.2, 0) is 17.6 Å². The molecule has 0 radical (unpaired) electrons. The smallest absolute Gasteiger partial charge is 0.252 e. The largest absolute Gasteiger partial charge is 0.375 e. The van der Waals surface area contributed by atoms with Crippen molar-refractivity contribution in [1.82, 2.24) is 15.6 Å². The number of fused-ring (bicyclic) bond motifs is 1. The lowest BCUT2D eigenvalue weighted by atomic mass is 9.95. The summed E-state index contributed by atoms with van der Waals surface area (Å²) in [6.45, 7) is 0.468. The maximum atomic E-state index is 12.2. The third-order valence-corrected chi connectivity index (χ3v) is 4.28. The Kier molecular flexibility index (Phi) is 4.06. The molecule has 0 aliphatic carbocycles. The van der Waals surface area contributed by atoms with Gasteiger partial charge in [0, 0.05) is 30.3 Å². The Balaban J connectivity index is 1.56. The van der Waals surface area contributed by atoms with Gasteiger partial charge in [-0.15, -0.1) is 11.3 Å². The zero-order chi connectivity index (χ0) is 15.5. The normalized spacial score (nSPS) is 16.7. The number of amides is 2. The lowest BCUT2D eigenvalue weighted by Gasteiger charge is -2.24. The second-order valence-corrected chi connectivity index (χ2v) is 6.00. The van der Waals surface area contributed by atoms with Crippen molar-refractivity contribution in [2.24, 2.45) is 0 Å². The van der Waals surface area contributed by atoms with E-state index in [1.165, 1.54) is 11.3 Å². The number of hydrogen-bond donors (Lipinski definition) is 3. The Bertz CT molecular complexity index is 713. The van der Waals surface area contributed by atoms with Gasteiger partial charge >= 0.3 is 0 Å². The van der Waals surface area contributed by atoms with Gasteiger partial charge in [0.2, 0.25) is 5.91 Å². The number of nitrogens with two attached hydrogens (primary N) is 1. The molecule has 0 unspecified atom stereocenters. The van der Waals surface area contributed by atoms with E-state index < -0.39 is 6.04 Å². The summed E-state index contributed by atoms with van der Waals surface area (Å²) in [6.07, 6.45) is 1.13. The fraction of sp³-hybridized carbons (Fsp3) is 0.267. The molecule has 1 aliphatic heterocycles. The Morgan fingerprint density at radius 3 is 3.05 bits per heavy atom. The summed E-state index contributed by atoms with van der Waals surface area (Å²) >= 11 is 1.38. The molecule has 0 saturated heterocycles. The minimum atomic E-state index is -0.525. The maximum Gasteiger partial charge on any atom is 0.252 e. The molecular weight excluding hydrogens is 300 g/mol. The van der Waals surface area contributed by atoms with E-state index >= 15 is 0 Å². The first-order valence-corrected chi connectivity index (χ1v) is 7.88. The van der Waals surface area contributed by atoms with Gasteiger partial charge in [-0.1, -0.05) is 18.2 Å². The number of hydrogen-bond acceptors (Lipinski definition) is 5. The fourth-order valence-electron chi connectivity index (χ4n) is 2.46. The number of rotatable bonds is 4. The number of nitrogens with zero attached hydrogens (tertiary/aromatic N) is 1. The van der Waals surface area contributed by atoms with Gasteiger partial charge in [0.25, 0.3) is 5.91 Å². The van der Waals surface area contributed by atoms with Crippen molar-refractivity contribution >= 4 is 28.3 Å². The van der Waals surface area contributed by atoms with Crippen LogP contribution in [0.25, 0.3) is 0 Å². The third kappa shape index (κ3) is 3.09. The molecule has 114 valence electrons. The summed E-state index contributed by atoms with van der Waals surface area (Å²) < 4.78 is 0. The number of aromatic nitrogens is 1. The van der Waals surface area contributed by atoms with Crippen molar-refractivity contribution in [1.29, 1.82) is 0 Å². The summed E-state index contributed by atoms with van der Waals surface area (Å²) in [7, 11) is 0. The number of thiazole rings is 1. The molecule has 1 aliphatic rings. The zero-order valence-corrected chi connectivity index (χ0v) is 12.7. The van der Waals surface area contributed by atoms with Crippen LogP contribution in [0.1, 0.15) is 21.6 Å². The molecule has 3 rings (SSSR count). The summed E-state index contributed by atoms with van der Waals surface area (Å²) in [6, 6.07) is 6.82. The van der Waals surface area contributed by atoms with Crippen molar-refractivity contribution < 1.29 is 9.59 Å². The minimum absolute atomic E-state index is 0.175. The van der Waals surface area contributed by atoms with E-state index in [9.17, 15) is 9.59 Å². The van der Waals surface area contributed by atoms with E-state index in [1.807, 2.05) is 23.6 Å². The van der Waals surface area contributed by atoms with E-state index in [1.54, 1.807) is 6.07 Å². The van der Waals surface area contributed by atoms with Crippen molar-refractivity contribution in [2.45, 2.75) is 18.9 Å². The molecule has 2 amide bonds. The first-order chi connectivity index (χ1) is 10.6. The third-order valence-electron chi connectivity index (χ3n) is 3.56. The van der Waals surface area contributed by atoms with Crippen LogP contribution in [0.3, 0.4) is 0 Å². The van der Waals surface area contributed by atoms with Crippen LogP contribution >= 0.6 is 11.3 Å². The molecule has 0 bridgehead atoms. The van der Waals surface area contributed by atoms with Gasteiger partial charge in [0.1, 0.15) is 6.04 Å². The predicted octanol–water partition coefficient (Wildman–Crippen LogP) is 0.739. The topological polar surface area (TPSA) is 97.1 Å². The average Bonchev–Trinajstić information content (AvgIpc) is 2.92. The zero-order valence-electron chi connectivity index (χ0n) is 11.8. The van der Waals surface area contributed by atoms with E-state index in [0.717, 1.165) is 11.3 Å². The fourth-order valence-corrected chi connectivity index (χ4v) is 3.06. The maximum absolute atomic E-state index is 12.2. The Morgan fingerprint density at radius 1 is 1.45 bits per heavy atom. The van der Waals surface area contributed by atoms with Gasteiger partial charge in [-0.2, -0.15) is 0 Å². The van der Waals surface area contributed by atoms with Crippen LogP contribution in [0.15, 0.2) is 29.6 Å².